The number of nitrogens with zero attached hydrogens (tertiary/aromatic N) is 3. The van der Waals surface area contributed by atoms with Gasteiger partial charge in [0.25, 0.3) is 0 Å². The zero-order valence-electron chi connectivity index (χ0n) is 18.8. The van der Waals surface area contributed by atoms with Gasteiger partial charge in [-0.3, -0.25) is 4.57 Å². The number of aryl methyl sites for hydroxylation is 1. The molecule has 3 aromatic carbocycles. The van der Waals surface area contributed by atoms with Crippen LogP contribution in [0.15, 0.2) is 71.9 Å². The zero-order chi connectivity index (χ0) is 24.3. The van der Waals surface area contributed by atoms with E-state index in [1.807, 2.05) is 47.9 Å². The summed E-state index contributed by atoms with van der Waals surface area (Å²) >= 11 is 1.19. The number of aromatic nitrogens is 3. The van der Waals surface area contributed by atoms with Crippen molar-refractivity contribution in [2.45, 2.75) is 24.0 Å². The molecule has 0 fully saturated rings. The molecule has 0 spiro atoms. The summed E-state index contributed by atoms with van der Waals surface area (Å²) in [4.78, 5) is 0. The number of methoxy groups -OCH3 is 2. The van der Waals surface area contributed by atoms with Crippen LogP contribution in [0.4, 0.5) is 13.2 Å². The molecule has 0 radical (unpaired) electrons. The van der Waals surface area contributed by atoms with Crippen LogP contribution < -0.4 is 9.47 Å². The van der Waals surface area contributed by atoms with E-state index in [2.05, 4.69) is 10.2 Å². The predicted molar refractivity (Wildman–Crippen MR) is 126 cm³/mol. The minimum atomic E-state index is -4.43. The first-order chi connectivity index (χ1) is 16.3. The summed E-state index contributed by atoms with van der Waals surface area (Å²) in [5, 5.41) is 9.19. The second kappa shape index (κ2) is 9.80. The van der Waals surface area contributed by atoms with Gasteiger partial charge in [0.1, 0.15) is 11.5 Å². The van der Waals surface area contributed by atoms with E-state index in [-0.39, 0.29) is 11.3 Å². The van der Waals surface area contributed by atoms with Crippen molar-refractivity contribution in [1.29, 1.82) is 0 Å². The number of benzene rings is 3. The summed E-state index contributed by atoms with van der Waals surface area (Å²) < 4.78 is 53.0. The van der Waals surface area contributed by atoms with Gasteiger partial charge in [0.2, 0.25) is 0 Å². The molecule has 0 saturated heterocycles. The predicted octanol–water partition coefficient (Wildman–Crippen LogP) is 6.57. The van der Waals surface area contributed by atoms with E-state index in [0.29, 0.717) is 28.0 Å². The summed E-state index contributed by atoms with van der Waals surface area (Å²) in [5.41, 5.74) is 2.06. The maximum absolute atomic E-state index is 13.5. The smallest absolute Gasteiger partial charge is 0.416 e. The van der Waals surface area contributed by atoms with Crippen molar-refractivity contribution in [1.82, 2.24) is 14.8 Å². The van der Waals surface area contributed by atoms with Crippen molar-refractivity contribution in [2.24, 2.45) is 0 Å². The Morgan fingerprint density at radius 3 is 2.24 bits per heavy atom. The van der Waals surface area contributed by atoms with Crippen LogP contribution in [0, 0.1) is 6.92 Å². The fourth-order valence-corrected chi connectivity index (χ4v) is 4.51. The molecule has 0 unspecified atom stereocenters. The van der Waals surface area contributed by atoms with Crippen molar-refractivity contribution in [3.05, 3.63) is 83.4 Å². The van der Waals surface area contributed by atoms with Crippen molar-refractivity contribution >= 4 is 11.8 Å². The highest BCUT2D eigenvalue weighted by Gasteiger charge is 2.33. The molecule has 34 heavy (non-hydrogen) atoms. The molecule has 0 amide bonds. The highest BCUT2D eigenvalue weighted by molar-refractivity contribution is 7.98. The lowest BCUT2D eigenvalue weighted by molar-refractivity contribution is -0.138. The highest BCUT2D eigenvalue weighted by atomic mass is 32.2. The third kappa shape index (κ3) is 5.04. The Morgan fingerprint density at radius 2 is 1.59 bits per heavy atom. The molecule has 0 aliphatic rings. The molecular formula is C25H22F3N3O2S. The van der Waals surface area contributed by atoms with Gasteiger partial charge in [0.05, 0.1) is 19.8 Å². The van der Waals surface area contributed by atoms with Gasteiger partial charge in [0, 0.05) is 23.1 Å². The number of hydrogen-bond donors (Lipinski definition) is 0. The summed E-state index contributed by atoms with van der Waals surface area (Å²) in [6.07, 6.45) is -4.43. The molecule has 1 heterocycles. The van der Waals surface area contributed by atoms with E-state index in [9.17, 15) is 13.2 Å². The maximum atomic E-state index is 13.5. The first-order valence-electron chi connectivity index (χ1n) is 10.3. The van der Waals surface area contributed by atoms with Crippen molar-refractivity contribution in [3.8, 4) is 28.6 Å². The zero-order valence-corrected chi connectivity index (χ0v) is 19.6. The largest absolute Gasteiger partial charge is 0.497 e. The SMILES string of the molecule is COc1cc(OC)cc(-c2nnc(SCc3ccccc3C(F)(F)F)n2-c2cccc(C)c2)c1. The summed E-state index contributed by atoms with van der Waals surface area (Å²) in [6, 6.07) is 18.7. The second-order valence-corrected chi connectivity index (χ2v) is 8.47. The molecule has 5 nitrogen and oxygen atoms in total. The standard InChI is InChI=1S/C25H22F3N3O2S/c1-16-7-6-9-19(11-16)31-23(18-12-20(32-2)14-21(13-18)33-3)29-30-24(31)34-15-17-8-4-5-10-22(17)25(26,27)28/h4-14H,15H2,1-3H3. The summed E-state index contributed by atoms with van der Waals surface area (Å²) in [6.45, 7) is 1.97. The van der Waals surface area contributed by atoms with E-state index in [1.54, 1.807) is 26.4 Å². The van der Waals surface area contributed by atoms with Crippen LogP contribution >= 0.6 is 11.8 Å². The maximum Gasteiger partial charge on any atom is 0.416 e. The van der Waals surface area contributed by atoms with E-state index < -0.39 is 11.7 Å². The first-order valence-corrected chi connectivity index (χ1v) is 11.3. The lowest BCUT2D eigenvalue weighted by atomic mass is 10.1. The van der Waals surface area contributed by atoms with E-state index in [4.69, 9.17) is 9.47 Å². The van der Waals surface area contributed by atoms with Gasteiger partial charge in [-0.25, -0.2) is 0 Å². The van der Waals surface area contributed by atoms with Gasteiger partial charge >= 0.3 is 6.18 Å². The minimum Gasteiger partial charge on any atom is -0.497 e. The Balaban J connectivity index is 1.79. The van der Waals surface area contributed by atoms with Crippen LogP contribution in [0.25, 0.3) is 17.1 Å². The van der Waals surface area contributed by atoms with E-state index in [0.717, 1.165) is 17.3 Å². The van der Waals surface area contributed by atoms with E-state index >= 15 is 0 Å². The lowest BCUT2D eigenvalue weighted by Gasteiger charge is -2.14. The molecule has 1 aromatic heterocycles. The lowest BCUT2D eigenvalue weighted by Crippen LogP contribution is -2.08. The van der Waals surface area contributed by atoms with Gasteiger partial charge in [-0.15, -0.1) is 10.2 Å². The topological polar surface area (TPSA) is 49.2 Å². The normalized spacial score (nSPS) is 11.5. The second-order valence-electron chi connectivity index (χ2n) is 7.53. The number of alkyl halides is 3. The summed E-state index contributed by atoms with van der Waals surface area (Å²) in [7, 11) is 3.12. The molecule has 4 rings (SSSR count). The molecule has 176 valence electrons. The molecule has 0 N–H and O–H groups in total. The van der Waals surface area contributed by atoms with Gasteiger partial charge in [-0.05, 0) is 48.4 Å². The number of ether oxygens (including phenoxy) is 2. The van der Waals surface area contributed by atoms with Gasteiger partial charge < -0.3 is 9.47 Å². The fraction of sp³-hybridized carbons (Fsp3) is 0.200. The third-order valence-electron chi connectivity index (χ3n) is 5.18. The average Bonchev–Trinajstić information content (AvgIpc) is 3.26. The first kappa shape index (κ1) is 23.7. The number of hydrogen-bond acceptors (Lipinski definition) is 5. The average molecular weight is 486 g/mol. The molecule has 0 saturated carbocycles. The Bertz CT molecular complexity index is 1280. The minimum absolute atomic E-state index is 0.0844. The quantitative estimate of drug-likeness (QED) is 0.277. The van der Waals surface area contributed by atoms with Crippen molar-refractivity contribution in [3.63, 3.8) is 0 Å². The van der Waals surface area contributed by atoms with E-state index in [1.165, 1.54) is 23.9 Å². The van der Waals surface area contributed by atoms with Gasteiger partial charge in [0.15, 0.2) is 11.0 Å². The molecular weight excluding hydrogens is 463 g/mol. The van der Waals surface area contributed by atoms with Crippen molar-refractivity contribution < 1.29 is 22.6 Å². The summed E-state index contributed by atoms with van der Waals surface area (Å²) in [5.74, 6) is 1.78. The monoisotopic (exact) mass is 485 g/mol. The molecule has 0 aliphatic carbocycles. The van der Waals surface area contributed by atoms with Gasteiger partial charge in [-0.1, -0.05) is 42.1 Å². The number of halogens is 3. The van der Waals surface area contributed by atoms with Crippen molar-refractivity contribution in [2.75, 3.05) is 14.2 Å². The Kier molecular flexibility index (Phi) is 6.83. The fourth-order valence-electron chi connectivity index (χ4n) is 3.55. The Morgan fingerprint density at radius 1 is 0.882 bits per heavy atom. The molecule has 9 heteroatoms. The van der Waals surface area contributed by atoms with Crippen LogP contribution in [0.5, 0.6) is 11.5 Å². The van der Waals surface area contributed by atoms with Crippen LogP contribution in [0.3, 0.4) is 0 Å². The number of thioether (sulfide) groups is 1. The van der Waals surface area contributed by atoms with Crippen LogP contribution in [0.2, 0.25) is 0 Å². The van der Waals surface area contributed by atoms with Crippen LogP contribution in [-0.2, 0) is 11.9 Å². The highest BCUT2D eigenvalue weighted by Crippen LogP contribution is 2.37. The third-order valence-corrected chi connectivity index (χ3v) is 6.16. The molecule has 0 aliphatic heterocycles. The molecule has 4 aromatic rings. The molecule has 0 atom stereocenters. The van der Waals surface area contributed by atoms with Gasteiger partial charge in [-0.2, -0.15) is 13.2 Å². The Labute approximate surface area is 199 Å². The van der Waals surface area contributed by atoms with Crippen LogP contribution in [-0.4, -0.2) is 29.0 Å². The number of rotatable bonds is 7. The molecule has 0 bridgehead atoms. The Hall–Kier alpha value is -3.46. The van der Waals surface area contributed by atoms with Crippen LogP contribution in [0.1, 0.15) is 16.7 Å².